The molecule has 1 aliphatic rings. The highest BCUT2D eigenvalue weighted by molar-refractivity contribution is 5.85. The summed E-state index contributed by atoms with van der Waals surface area (Å²) in [4.78, 5) is 37.6. The van der Waals surface area contributed by atoms with Crippen molar-refractivity contribution in [2.24, 2.45) is 0 Å². The zero-order valence-corrected chi connectivity index (χ0v) is 19.8. The second-order valence-electron chi connectivity index (χ2n) is 8.38. The molecule has 8 nitrogen and oxygen atoms in total. The minimum absolute atomic E-state index is 0.0356. The van der Waals surface area contributed by atoms with E-state index in [1.807, 2.05) is 31.2 Å². The Morgan fingerprint density at radius 1 is 1.06 bits per heavy atom. The first kappa shape index (κ1) is 25.2. The second-order valence-corrected chi connectivity index (χ2v) is 8.38. The largest absolute Gasteiger partial charge is 0.480 e. The number of amides is 2. The molecule has 2 atom stereocenters. The molecular formula is C26H32N2O6. The molecule has 8 heteroatoms. The Hall–Kier alpha value is -3.39. The van der Waals surface area contributed by atoms with Crippen LogP contribution in [0.2, 0.25) is 0 Å². The fourth-order valence-electron chi connectivity index (χ4n) is 4.30. The van der Waals surface area contributed by atoms with Gasteiger partial charge < -0.3 is 24.8 Å². The number of methoxy groups -OCH3 is 1. The molecule has 34 heavy (non-hydrogen) atoms. The fraction of sp³-hybridized carbons (Fsp3) is 0.423. The van der Waals surface area contributed by atoms with E-state index in [0.717, 1.165) is 22.3 Å². The summed E-state index contributed by atoms with van der Waals surface area (Å²) in [6.07, 6.45) is -0.616. The molecule has 2 unspecified atom stereocenters. The lowest BCUT2D eigenvalue weighted by atomic mass is 9.98. The van der Waals surface area contributed by atoms with Gasteiger partial charge >= 0.3 is 12.1 Å². The molecule has 0 saturated carbocycles. The third kappa shape index (κ3) is 5.75. The molecule has 2 aromatic carbocycles. The molecule has 0 heterocycles. The predicted molar refractivity (Wildman–Crippen MR) is 128 cm³/mol. The molecular weight excluding hydrogens is 436 g/mol. The lowest BCUT2D eigenvalue weighted by molar-refractivity contribution is -0.152. The van der Waals surface area contributed by atoms with Gasteiger partial charge in [-0.1, -0.05) is 55.5 Å². The van der Waals surface area contributed by atoms with Crippen LogP contribution in [0.15, 0.2) is 48.5 Å². The van der Waals surface area contributed by atoms with Crippen molar-refractivity contribution in [1.29, 1.82) is 0 Å². The van der Waals surface area contributed by atoms with Crippen LogP contribution in [0.1, 0.15) is 43.7 Å². The summed E-state index contributed by atoms with van der Waals surface area (Å²) < 4.78 is 10.8. The van der Waals surface area contributed by atoms with Crippen LogP contribution >= 0.6 is 0 Å². The molecule has 0 aromatic heterocycles. The molecule has 2 N–H and O–H groups in total. The van der Waals surface area contributed by atoms with Crippen molar-refractivity contribution in [3.63, 3.8) is 0 Å². The van der Waals surface area contributed by atoms with Crippen molar-refractivity contribution in [2.45, 2.75) is 44.8 Å². The van der Waals surface area contributed by atoms with Gasteiger partial charge in [0.2, 0.25) is 0 Å². The Balaban J connectivity index is 1.53. The topological polar surface area (TPSA) is 105 Å². The van der Waals surface area contributed by atoms with Gasteiger partial charge in [-0.05, 0) is 35.6 Å². The lowest BCUT2D eigenvalue weighted by Gasteiger charge is -2.30. The molecule has 3 rings (SSSR count). The van der Waals surface area contributed by atoms with Gasteiger partial charge in [-0.25, -0.2) is 4.79 Å². The van der Waals surface area contributed by atoms with Gasteiger partial charge in [0.15, 0.2) is 0 Å². The standard InChI is InChI=1S/C26H32N2O6/c1-4-17(2)28(15-24(29)30)25(31)23(33-3)13-14-27-26(32)34-16-22-20-11-7-5-9-18(20)19-10-6-8-12-21(19)22/h5-12,17,22-23H,4,13-16H2,1-3H3,(H,27,32)(H,29,30). The van der Waals surface area contributed by atoms with E-state index in [1.54, 1.807) is 6.92 Å². The maximum Gasteiger partial charge on any atom is 0.407 e. The van der Waals surface area contributed by atoms with Crippen molar-refractivity contribution in [1.82, 2.24) is 10.2 Å². The molecule has 0 radical (unpaired) electrons. The maximum absolute atomic E-state index is 12.8. The van der Waals surface area contributed by atoms with E-state index < -0.39 is 30.6 Å². The van der Waals surface area contributed by atoms with Crippen LogP contribution in [0, 0.1) is 0 Å². The molecule has 0 spiro atoms. The van der Waals surface area contributed by atoms with Gasteiger partial charge in [-0.2, -0.15) is 0 Å². The molecule has 182 valence electrons. The summed E-state index contributed by atoms with van der Waals surface area (Å²) in [5.41, 5.74) is 4.57. The van der Waals surface area contributed by atoms with Crippen molar-refractivity contribution < 1.29 is 29.0 Å². The molecule has 0 aliphatic heterocycles. The molecule has 2 amide bonds. The second kappa shape index (κ2) is 11.7. The van der Waals surface area contributed by atoms with Gasteiger partial charge in [0, 0.05) is 32.0 Å². The number of hydrogen-bond acceptors (Lipinski definition) is 5. The number of ether oxygens (including phenoxy) is 2. The number of carboxylic acids is 1. The van der Waals surface area contributed by atoms with Crippen LogP contribution in [0.4, 0.5) is 4.79 Å². The molecule has 0 bridgehead atoms. The molecule has 2 aromatic rings. The minimum atomic E-state index is -1.08. The summed E-state index contributed by atoms with van der Waals surface area (Å²) >= 11 is 0. The number of nitrogens with zero attached hydrogens (tertiary/aromatic N) is 1. The normalized spacial score (nSPS) is 14.0. The molecule has 0 fully saturated rings. The number of carbonyl (C=O) groups is 3. The first-order chi connectivity index (χ1) is 16.4. The maximum atomic E-state index is 12.8. The van der Waals surface area contributed by atoms with E-state index in [-0.39, 0.29) is 31.5 Å². The monoisotopic (exact) mass is 468 g/mol. The van der Waals surface area contributed by atoms with Gasteiger partial charge in [0.25, 0.3) is 5.91 Å². The Morgan fingerprint density at radius 2 is 1.65 bits per heavy atom. The van der Waals surface area contributed by atoms with Gasteiger partial charge in [0.05, 0.1) is 0 Å². The quantitative estimate of drug-likeness (QED) is 0.522. The van der Waals surface area contributed by atoms with Crippen LogP contribution in [0.5, 0.6) is 0 Å². The predicted octanol–water partition coefficient (Wildman–Crippen LogP) is 3.64. The van der Waals surface area contributed by atoms with Crippen molar-refractivity contribution in [3.8, 4) is 11.1 Å². The van der Waals surface area contributed by atoms with Gasteiger partial charge in [-0.15, -0.1) is 0 Å². The SMILES string of the molecule is CCC(C)N(CC(=O)O)C(=O)C(CCNC(=O)OCC1c2ccccc2-c2ccccc21)OC. The summed E-state index contributed by atoms with van der Waals surface area (Å²) in [7, 11) is 1.39. The average Bonchev–Trinajstić information content (AvgIpc) is 3.16. The number of hydrogen-bond donors (Lipinski definition) is 2. The van der Waals surface area contributed by atoms with E-state index >= 15 is 0 Å². The Kier molecular flexibility index (Phi) is 8.65. The molecule has 0 saturated heterocycles. The first-order valence-corrected chi connectivity index (χ1v) is 11.5. The van der Waals surface area contributed by atoms with Crippen LogP contribution in [0.3, 0.4) is 0 Å². The first-order valence-electron chi connectivity index (χ1n) is 11.5. The minimum Gasteiger partial charge on any atom is -0.480 e. The number of aliphatic carboxylic acids is 1. The Bertz CT molecular complexity index is 978. The third-order valence-corrected chi connectivity index (χ3v) is 6.29. The Labute approximate surface area is 199 Å². The number of alkyl carbamates (subject to hydrolysis) is 1. The zero-order chi connectivity index (χ0) is 24.7. The number of nitrogens with one attached hydrogen (secondary N) is 1. The van der Waals surface area contributed by atoms with E-state index in [2.05, 4.69) is 29.6 Å². The van der Waals surface area contributed by atoms with E-state index in [0.29, 0.717) is 6.42 Å². The number of rotatable bonds is 11. The highest BCUT2D eigenvalue weighted by atomic mass is 16.5. The molecule has 1 aliphatic carbocycles. The van der Waals surface area contributed by atoms with Crippen LogP contribution in [-0.2, 0) is 19.1 Å². The number of fused-ring (bicyclic) bond motifs is 3. The van der Waals surface area contributed by atoms with E-state index in [1.165, 1.54) is 12.0 Å². The number of carbonyl (C=O) groups excluding carboxylic acids is 2. The number of carboxylic acid groups (broad SMARTS) is 1. The highest BCUT2D eigenvalue weighted by Crippen LogP contribution is 2.44. The Morgan fingerprint density at radius 3 is 2.18 bits per heavy atom. The summed E-state index contributed by atoms with van der Waals surface area (Å²) in [5.74, 6) is -1.53. The van der Waals surface area contributed by atoms with Crippen molar-refractivity contribution in [3.05, 3.63) is 59.7 Å². The third-order valence-electron chi connectivity index (χ3n) is 6.29. The smallest absolute Gasteiger partial charge is 0.407 e. The van der Waals surface area contributed by atoms with Crippen LogP contribution < -0.4 is 5.32 Å². The highest BCUT2D eigenvalue weighted by Gasteiger charge is 2.30. The van der Waals surface area contributed by atoms with E-state index in [4.69, 9.17) is 14.6 Å². The summed E-state index contributed by atoms with van der Waals surface area (Å²) in [5, 5.41) is 11.8. The average molecular weight is 469 g/mol. The van der Waals surface area contributed by atoms with Gasteiger partial charge in [-0.3, -0.25) is 9.59 Å². The lowest BCUT2D eigenvalue weighted by Crippen LogP contribution is -2.48. The number of benzene rings is 2. The van der Waals surface area contributed by atoms with E-state index in [9.17, 15) is 14.4 Å². The van der Waals surface area contributed by atoms with Crippen molar-refractivity contribution in [2.75, 3.05) is 26.8 Å². The fourth-order valence-corrected chi connectivity index (χ4v) is 4.30. The van der Waals surface area contributed by atoms with Crippen LogP contribution in [-0.4, -0.2) is 66.9 Å². The summed E-state index contributed by atoms with van der Waals surface area (Å²) in [6.45, 7) is 3.64. The van der Waals surface area contributed by atoms with Gasteiger partial charge in [0.1, 0.15) is 19.3 Å². The summed E-state index contributed by atoms with van der Waals surface area (Å²) in [6, 6.07) is 16.0. The zero-order valence-electron chi connectivity index (χ0n) is 19.8. The van der Waals surface area contributed by atoms with Crippen LogP contribution in [0.25, 0.3) is 11.1 Å². The van der Waals surface area contributed by atoms with Crippen molar-refractivity contribution >= 4 is 18.0 Å².